The molecule has 0 unspecified atom stereocenters. The van der Waals surface area contributed by atoms with Crippen molar-refractivity contribution in [2.45, 2.75) is 6.54 Å². The fraction of sp³-hybridized carbons (Fsp3) is 0.625. The van der Waals surface area contributed by atoms with E-state index in [0.717, 1.165) is 76.2 Å². The quantitative estimate of drug-likeness (QED) is 0.843. The summed E-state index contributed by atoms with van der Waals surface area (Å²) in [5.74, 6) is 2.04. The van der Waals surface area contributed by atoms with Crippen LogP contribution < -0.4 is 4.90 Å². The summed E-state index contributed by atoms with van der Waals surface area (Å²) in [4.78, 5) is 16.9. The van der Waals surface area contributed by atoms with Gasteiger partial charge in [0.15, 0.2) is 5.82 Å². The van der Waals surface area contributed by atoms with Crippen LogP contribution in [0, 0.1) is 0 Å². The minimum absolute atomic E-state index is 0.782. The van der Waals surface area contributed by atoms with Crippen LogP contribution in [0.4, 0.5) is 5.82 Å². The Bertz CT molecular complexity index is 662. The molecule has 0 spiro atoms. The number of morpholine rings is 1. The van der Waals surface area contributed by atoms with Gasteiger partial charge >= 0.3 is 0 Å². The van der Waals surface area contributed by atoms with Gasteiger partial charge in [-0.25, -0.2) is 9.97 Å². The molecule has 2 aliphatic rings. The lowest BCUT2D eigenvalue weighted by atomic mass is 10.3. The van der Waals surface area contributed by atoms with Gasteiger partial charge in [0, 0.05) is 39.3 Å². The Labute approximate surface area is 140 Å². The maximum atomic E-state index is 5.48. The Kier molecular flexibility index (Phi) is 4.43. The lowest BCUT2D eigenvalue weighted by Crippen LogP contribution is -2.44. The third-order valence-electron chi connectivity index (χ3n) is 4.60. The molecule has 0 radical (unpaired) electrons. The number of hydrogen-bond acceptors (Lipinski definition) is 7. The molecule has 0 aliphatic carbocycles. The van der Waals surface area contributed by atoms with Gasteiger partial charge in [-0.2, -0.15) is 0 Å². The molecule has 2 saturated heterocycles. The third kappa shape index (κ3) is 3.33. The van der Waals surface area contributed by atoms with E-state index in [9.17, 15) is 0 Å². The number of nitrogens with zero attached hydrogens (tertiary/aromatic N) is 5. The first-order valence-electron chi connectivity index (χ1n) is 8.27. The summed E-state index contributed by atoms with van der Waals surface area (Å²) in [6.45, 7) is 8.67. The smallest absolute Gasteiger partial charge is 0.150 e. The van der Waals surface area contributed by atoms with Gasteiger partial charge in [-0.1, -0.05) is 0 Å². The second-order valence-electron chi connectivity index (χ2n) is 6.28. The van der Waals surface area contributed by atoms with Gasteiger partial charge in [-0.15, -0.1) is 11.3 Å². The third-order valence-corrected chi connectivity index (χ3v) is 5.50. The van der Waals surface area contributed by atoms with Crippen molar-refractivity contribution < 1.29 is 4.74 Å². The molecule has 0 amide bonds. The lowest BCUT2D eigenvalue weighted by molar-refractivity contribution is 0.122. The van der Waals surface area contributed by atoms with Crippen molar-refractivity contribution in [2.75, 3.05) is 64.4 Å². The van der Waals surface area contributed by atoms with Crippen LogP contribution in [-0.4, -0.2) is 79.3 Å². The van der Waals surface area contributed by atoms with Crippen LogP contribution in [0.3, 0.4) is 0 Å². The normalized spacial score (nSPS) is 21.2. The molecule has 2 fully saturated rings. The number of aromatic nitrogens is 2. The molecule has 4 rings (SSSR count). The summed E-state index contributed by atoms with van der Waals surface area (Å²) < 4.78 is 6.68. The number of piperazine rings is 1. The summed E-state index contributed by atoms with van der Waals surface area (Å²) in [5.41, 5.74) is 1.08. The summed E-state index contributed by atoms with van der Waals surface area (Å²) >= 11 is 1.73. The Hall–Kier alpha value is -1.28. The topological polar surface area (TPSA) is 44.7 Å². The molecule has 4 heterocycles. The molecule has 7 heteroatoms. The van der Waals surface area contributed by atoms with Crippen LogP contribution >= 0.6 is 11.3 Å². The highest BCUT2D eigenvalue weighted by Gasteiger charge is 2.20. The first-order chi connectivity index (χ1) is 11.3. The fourth-order valence-corrected chi connectivity index (χ4v) is 4.01. The predicted molar refractivity (Wildman–Crippen MR) is 93.2 cm³/mol. The van der Waals surface area contributed by atoms with Crippen molar-refractivity contribution in [3.63, 3.8) is 0 Å². The number of likely N-dealkylation sites (N-methyl/N-ethyl adjacent to an activating group) is 1. The van der Waals surface area contributed by atoms with Crippen molar-refractivity contribution in [2.24, 2.45) is 0 Å². The number of hydrogen-bond donors (Lipinski definition) is 0. The molecule has 0 bridgehead atoms. The summed E-state index contributed by atoms with van der Waals surface area (Å²) in [7, 11) is 2.18. The average molecular weight is 333 g/mol. The van der Waals surface area contributed by atoms with Crippen LogP contribution in [0.5, 0.6) is 0 Å². The van der Waals surface area contributed by atoms with Crippen molar-refractivity contribution in [1.82, 2.24) is 19.8 Å². The molecule has 6 nitrogen and oxygen atoms in total. The molecule has 2 aromatic rings. The van der Waals surface area contributed by atoms with Crippen molar-refractivity contribution in [3.8, 4) is 0 Å². The highest BCUT2D eigenvalue weighted by Crippen LogP contribution is 2.29. The highest BCUT2D eigenvalue weighted by atomic mass is 32.1. The highest BCUT2D eigenvalue weighted by molar-refractivity contribution is 7.17. The maximum absolute atomic E-state index is 5.48. The van der Waals surface area contributed by atoms with Gasteiger partial charge in [0.05, 0.1) is 30.0 Å². The van der Waals surface area contributed by atoms with Crippen LogP contribution in [-0.2, 0) is 11.3 Å². The number of thiophene rings is 1. The molecule has 23 heavy (non-hydrogen) atoms. The van der Waals surface area contributed by atoms with Gasteiger partial charge < -0.3 is 14.5 Å². The minimum atomic E-state index is 0.782. The lowest BCUT2D eigenvalue weighted by Gasteiger charge is -2.32. The zero-order valence-electron chi connectivity index (χ0n) is 13.6. The summed E-state index contributed by atoms with van der Waals surface area (Å²) in [6.07, 6.45) is 0. The average Bonchev–Trinajstić information content (AvgIpc) is 3.05. The van der Waals surface area contributed by atoms with Gasteiger partial charge in [-0.05, 0) is 18.5 Å². The van der Waals surface area contributed by atoms with Gasteiger partial charge in [0.2, 0.25) is 0 Å². The summed E-state index contributed by atoms with van der Waals surface area (Å²) in [5, 5.41) is 2.11. The van der Waals surface area contributed by atoms with E-state index >= 15 is 0 Å². The monoisotopic (exact) mass is 333 g/mol. The molecule has 2 aromatic heterocycles. The van der Waals surface area contributed by atoms with Crippen molar-refractivity contribution in [1.29, 1.82) is 0 Å². The van der Waals surface area contributed by atoms with E-state index in [1.807, 2.05) is 0 Å². The van der Waals surface area contributed by atoms with E-state index in [2.05, 4.69) is 33.2 Å². The maximum Gasteiger partial charge on any atom is 0.150 e. The first-order valence-corrected chi connectivity index (χ1v) is 9.15. The van der Waals surface area contributed by atoms with E-state index < -0.39 is 0 Å². The van der Waals surface area contributed by atoms with Crippen LogP contribution in [0.1, 0.15) is 5.82 Å². The first kappa shape index (κ1) is 15.3. The van der Waals surface area contributed by atoms with E-state index in [1.54, 1.807) is 11.3 Å². The Morgan fingerprint density at radius 2 is 1.87 bits per heavy atom. The second kappa shape index (κ2) is 6.68. The minimum Gasteiger partial charge on any atom is -0.378 e. The molecular weight excluding hydrogens is 310 g/mol. The summed E-state index contributed by atoms with van der Waals surface area (Å²) in [6, 6.07) is 2.11. The number of rotatable bonds is 3. The largest absolute Gasteiger partial charge is 0.378 e. The number of fused-ring (bicyclic) bond motifs is 1. The standard InChI is InChI=1S/C16H23N5OS/c1-19-3-5-20(6-4-19)12-14-17-13-2-11-23-15(13)16(18-14)21-7-9-22-10-8-21/h2,11H,3-10,12H2,1H3. The Balaban J connectivity index is 1.59. The van der Waals surface area contributed by atoms with Crippen molar-refractivity contribution >= 4 is 27.4 Å². The molecule has 0 atom stereocenters. The van der Waals surface area contributed by atoms with Crippen LogP contribution in [0.2, 0.25) is 0 Å². The van der Waals surface area contributed by atoms with E-state index in [4.69, 9.17) is 14.7 Å². The van der Waals surface area contributed by atoms with Gasteiger partial charge in [0.25, 0.3) is 0 Å². The zero-order valence-corrected chi connectivity index (χ0v) is 14.4. The van der Waals surface area contributed by atoms with Gasteiger partial charge in [0.1, 0.15) is 5.82 Å². The van der Waals surface area contributed by atoms with Crippen LogP contribution in [0.25, 0.3) is 10.2 Å². The van der Waals surface area contributed by atoms with Crippen LogP contribution in [0.15, 0.2) is 11.4 Å². The van der Waals surface area contributed by atoms with E-state index in [1.165, 1.54) is 4.70 Å². The Morgan fingerprint density at radius 1 is 1.09 bits per heavy atom. The molecule has 0 saturated carbocycles. The van der Waals surface area contributed by atoms with Crippen molar-refractivity contribution in [3.05, 3.63) is 17.3 Å². The molecule has 0 aromatic carbocycles. The van der Waals surface area contributed by atoms with Gasteiger partial charge in [-0.3, -0.25) is 4.90 Å². The molecule has 2 aliphatic heterocycles. The molecule has 0 N–H and O–H groups in total. The Morgan fingerprint density at radius 3 is 2.65 bits per heavy atom. The molecular formula is C16H23N5OS. The zero-order chi connectivity index (χ0) is 15.6. The predicted octanol–water partition coefficient (Wildman–Crippen LogP) is 1.28. The second-order valence-corrected chi connectivity index (χ2v) is 7.19. The fourth-order valence-electron chi connectivity index (χ4n) is 3.16. The number of anilines is 1. The SMILES string of the molecule is CN1CCN(Cc2nc(N3CCOCC3)c3sccc3n2)CC1. The number of ether oxygens (including phenoxy) is 1. The van der Waals surface area contributed by atoms with E-state index in [0.29, 0.717) is 0 Å². The molecule has 124 valence electrons. The van der Waals surface area contributed by atoms with E-state index in [-0.39, 0.29) is 0 Å².